The monoisotopic (exact) mass is 427 g/mol. The molecule has 154 valence electrons. The Kier molecular flexibility index (Phi) is 6.80. The summed E-state index contributed by atoms with van der Waals surface area (Å²) in [4.78, 5) is 22.5. The lowest BCUT2D eigenvalue weighted by molar-refractivity contribution is -0.137. The van der Waals surface area contributed by atoms with E-state index in [1.54, 1.807) is 31.2 Å². The van der Waals surface area contributed by atoms with E-state index in [0.29, 0.717) is 11.3 Å². The second-order valence-corrected chi connectivity index (χ2v) is 7.58. The van der Waals surface area contributed by atoms with Crippen molar-refractivity contribution in [2.75, 3.05) is 11.9 Å². The Balaban J connectivity index is 2.06. The number of anilines is 1. The minimum absolute atomic E-state index is 0.0163. The highest BCUT2D eigenvalue weighted by molar-refractivity contribution is 7.92. The SMILES string of the molecule is CCOC(=O)/C=C/c1ccc(NC(=O)c2ccc(S(=O)(=O)C(F)(F)F)cc2)cc1. The van der Waals surface area contributed by atoms with Gasteiger partial charge in [-0.1, -0.05) is 12.1 Å². The van der Waals surface area contributed by atoms with E-state index in [-0.39, 0.29) is 12.2 Å². The molecule has 0 aliphatic carbocycles. The molecule has 0 aliphatic heterocycles. The molecule has 1 N–H and O–H groups in total. The molecule has 0 saturated carbocycles. The van der Waals surface area contributed by atoms with E-state index in [1.807, 2.05) is 0 Å². The largest absolute Gasteiger partial charge is 0.501 e. The van der Waals surface area contributed by atoms with Crippen molar-refractivity contribution in [2.45, 2.75) is 17.3 Å². The summed E-state index contributed by atoms with van der Waals surface area (Å²) >= 11 is 0. The molecular weight excluding hydrogens is 411 g/mol. The second-order valence-electron chi connectivity index (χ2n) is 5.64. The minimum Gasteiger partial charge on any atom is -0.463 e. The predicted molar refractivity (Wildman–Crippen MR) is 99.7 cm³/mol. The fourth-order valence-electron chi connectivity index (χ4n) is 2.15. The number of hydrogen-bond donors (Lipinski definition) is 1. The normalized spacial score (nSPS) is 12.0. The van der Waals surface area contributed by atoms with Crippen LogP contribution in [0, 0.1) is 0 Å². The van der Waals surface area contributed by atoms with Gasteiger partial charge in [-0.3, -0.25) is 4.79 Å². The van der Waals surface area contributed by atoms with Gasteiger partial charge < -0.3 is 10.1 Å². The Bertz CT molecular complexity index is 1010. The second kappa shape index (κ2) is 8.91. The third-order valence-corrected chi connectivity index (χ3v) is 5.10. The lowest BCUT2D eigenvalue weighted by Crippen LogP contribution is -2.23. The van der Waals surface area contributed by atoms with Crippen molar-refractivity contribution in [1.29, 1.82) is 0 Å². The number of nitrogens with one attached hydrogen (secondary N) is 1. The van der Waals surface area contributed by atoms with Gasteiger partial charge in [-0.2, -0.15) is 13.2 Å². The van der Waals surface area contributed by atoms with Gasteiger partial charge in [0.05, 0.1) is 11.5 Å². The molecule has 0 radical (unpaired) electrons. The number of halogens is 3. The first kappa shape index (κ1) is 22.2. The highest BCUT2D eigenvalue weighted by atomic mass is 32.2. The van der Waals surface area contributed by atoms with E-state index < -0.39 is 32.1 Å². The number of alkyl halides is 3. The minimum atomic E-state index is -5.47. The number of ether oxygens (including phenoxy) is 1. The van der Waals surface area contributed by atoms with Crippen LogP contribution in [0.25, 0.3) is 6.08 Å². The molecule has 29 heavy (non-hydrogen) atoms. The molecule has 2 aromatic carbocycles. The number of sulfone groups is 1. The van der Waals surface area contributed by atoms with Gasteiger partial charge in [0.25, 0.3) is 15.7 Å². The number of amides is 1. The number of hydrogen-bond acceptors (Lipinski definition) is 5. The van der Waals surface area contributed by atoms with E-state index in [0.717, 1.165) is 24.3 Å². The van der Waals surface area contributed by atoms with Crippen molar-refractivity contribution < 1.29 is 35.9 Å². The molecule has 2 rings (SSSR count). The summed E-state index contributed by atoms with van der Waals surface area (Å²) in [6.45, 7) is 1.95. The van der Waals surface area contributed by atoms with Gasteiger partial charge in [0, 0.05) is 17.3 Å². The molecule has 6 nitrogen and oxygen atoms in total. The summed E-state index contributed by atoms with van der Waals surface area (Å²) in [5.74, 6) is -1.11. The topological polar surface area (TPSA) is 89.5 Å². The van der Waals surface area contributed by atoms with Gasteiger partial charge in [-0.15, -0.1) is 0 Å². The summed E-state index contributed by atoms with van der Waals surface area (Å²) < 4.78 is 65.0. The fraction of sp³-hybridized carbons (Fsp3) is 0.158. The maximum Gasteiger partial charge on any atom is 0.501 e. The molecule has 0 aliphatic rings. The molecule has 2 aromatic rings. The zero-order valence-electron chi connectivity index (χ0n) is 15.1. The Hall–Kier alpha value is -3.14. The van der Waals surface area contributed by atoms with E-state index in [9.17, 15) is 31.2 Å². The Morgan fingerprint density at radius 3 is 2.14 bits per heavy atom. The molecule has 0 spiro atoms. The van der Waals surface area contributed by atoms with Crippen LogP contribution in [0.15, 0.2) is 59.5 Å². The molecule has 10 heteroatoms. The summed E-state index contributed by atoms with van der Waals surface area (Å²) in [6.07, 6.45) is 2.79. The van der Waals surface area contributed by atoms with E-state index >= 15 is 0 Å². The number of benzene rings is 2. The van der Waals surface area contributed by atoms with Crippen LogP contribution in [0.4, 0.5) is 18.9 Å². The molecule has 0 saturated heterocycles. The fourth-order valence-corrected chi connectivity index (χ4v) is 2.92. The summed E-state index contributed by atoms with van der Waals surface area (Å²) in [6, 6.07) is 9.81. The van der Waals surface area contributed by atoms with Crippen LogP contribution in [-0.4, -0.2) is 32.4 Å². The lowest BCUT2D eigenvalue weighted by Gasteiger charge is -2.09. The van der Waals surface area contributed by atoms with Gasteiger partial charge in [0.15, 0.2) is 0 Å². The van der Waals surface area contributed by atoms with Crippen LogP contribution >= 0.6 is 0 Å². The maximum absolute atomic E-state index is 12.5. The summed E-state index contributed by atoms with van der Waals surface area (Å²) in [5, 5.41) is 2.53. The van der Waals surface area contributed by atoms with Crippen LogP contribution < -0.4 is 5.32 Å². The quantitative estimate of drug-likeness (QED) is 0.559. The smallest absolute Gasteiger partial charge is 0.463 e. The van der Waals surface area contributed by atoms with Gasteiger partial charge in [0.2, 0.25) is 0 Å². The molecule has 0 bridgehead atoms. The van der Waals surface area contributed by atoms with Crippen molar-refractivity contribution in [3.63, 3.8) is 0 Å². The summed E-state index contributed by atoms with van der Waals surface area (Å²) in [7, 11) is -5.47. The van der Waals surface area contributed by atoms with Gasteiger partial charge in [0.1, 0.15) is 0 Å². The average Bonchev–Trinajstić information content (AvgIpc) is 2.67. The molecule has 0 heterocycles. The molecular formula is C19H16F3NO5S. The first-order chi connectivity index (χ1) is 13.5. The highest BCUT2D eigenvalue weighted by Gasteiger charge is 2.46. The first-order valence-electron chi connectivity index (χ1n) is 8.22. The predicted octanol–water partition coefficient (Wildman–Crippen LogP) is 3.81. The molecule has 0 atom stereocenters. The van der Waals surface area contributed by atoms with Crippen LogP contribution in [0.5, 0.6) is 0 Å². The Morgan fingerprint density at radius 2 is 1.62 bits per heavy atom. The van der Waals surface area contributed by atoms with Crippen LogP contribution in [-0.2, 0) is 19.4 Å². The van der Waals surface area contributed by atoms with E-state index in [1.165, 1.54) is 12.2 Å². The van der Waals surface area contributed by atoms with Gasteiger partial charge >= 0.3 is 11.5 Å². The lowest BCUT2D eigenvalue weighted by atomic mass is 10.1. The average molecular weight is 427 g/mol. The van der Waals surface area contributed by atoms with Gasteiger partial charge in [-0.25, -0.2) is 13.2 Å². The van der Waals surface area contributed by atoms with Crippen LogP contribution in [0.1, 0.15) is 22.8 Å². The van der Waals surface area contributed by atoms with E-state index in [2.05, 4.69) is 5.32 Å². The van der Waals surface area contributed by atoms with Gasteiger partial charge in [-0.05, 0) is 55.0 Å². The standard InChI is InChI=1S/C19H16F3NO5S/c1-2-28-17(24)12-5-13-3-8-15(9-4-13)23-18(25)14-6-10-16(11-7-14)29(26,27)19(20,21)22/h3-12H,2H2,1H3,(H,23,25)/b12-5+. The zero-order valence-corrected chi connectivity index (χ0v) is 15.9. The van der Waals surface area contributed by atoms with Crippen LogP contribution in [0.3, 0.4) is 0 Å². The highest BCUT2D eigenvalue weighted by Crippen LogP contribution is 2.30. The van der Waals surface area contributed by atoms with Crippen molar-refractivity contribution in [3.8, 4) is 0 Å². The third-order valence-electron chi connectivity index (χ3n) is 3.60. The zero-order chi connectivity index (χ0) is 21.7. The number of carbonyl (C=O) groups is 2. The summed E-state index contributed by atoms with van der Waals surface area (Å²) in [5.41, 5.74) is -4.36. The maximum atomic E-state index is 12.5. The molecule has 0 fully saturated rings. The number of carbonyl (C=O) groups excluding carboxylic acids is 2. The molecule has 0 unspecified atom stereocenters. The molecule has 1 amide bonds. The van der Waals surface area contributed by atoms with Crippen molar-refractivity contribution in [1.82, 2.24) is 0 Å². The molecule has 0 aromatic heterocycles. The van der Waals surface area contributed by atoms with E-state index in [4.69, 9.17) is 4.74 Å². The van der Waals surface area contributed by atoms with Crippen molar-refractivity contribution >= 4 is 33.5 Å². The first-order valence-corrected chi connectivity index (χ1v) is 9.70. The Morgan fingerprint density at radius 1 is 1.03 bits per heavy atom. The number of rotatable bonds is 6. The van der Waals surface area contributed by atoms with Crippen LogP contribution in [0.2, 0.25) is 0 Å². The number of esters is 1. The third kappa shape index (κ3) is 5.67. The van der Waals surface area contributed by atoms with Crippen molar-refractivity contribution in [2.24, 2.45) is 0 Å². The Labute approximate surface area is 164 Å². The van der Waals surface area contributed by atoms with Crippen molar-refractivity contribution in [3.05, 3.63) is 65.7 Å².